The van der Waals surface area contributed by atoms with E-state index in [2.05, 4.69) is 12.2 Å². The molecule has 0 aromatic heterocycles. The maximum Gasteiger partial charge on any atom is 0.242 e. The quantitative estimate of drug-likeness (QED) is 0.688. The van der Waals surface area contributed by atoms with Crippen molar-refractivity contribution in [1.29, 1.82) is 0 Å². The summed E-state index contributed by atoms with van der Waals surface area (Å²) in [7, 11) is 0. The van der Waals surface area contributed by atoms with Crippen LogP contribution < -0.4 is 5.32 Å². The minimum atomic E-state index is -0.0112. The van der Waals surface area contributed by atoms with Gasteiger partial charge >= 0.3 is 0 Å². The summed E-state index contributed by atoms with van der Waals surface area (Å²) in [6.45, 7) is 5.15. The first-order valence-corrected chi connectivity index (χ1v) is 7.71. The third-order valence-corrected chi connectivity index (χ3v) is 3.77. The second-order valence-corrected chi connectivity index (χ2v) is 5.54. The van der Waals surface area contributed by atoms with E-state index in [1.165, 1.54) is 38.5 Å². The predicted molar refractivity (Wildman–Crippen MR) is 76.8 cm³/mol. The van der Waals surface area contributed by atoms with E-state index in [0.717, 1.165) is 13.0 Å². The van der Waals surface area contributed by atoms with Gasteiger partial charge in [-0.25, -0.2) is 0 Å². The number of carbonyl (C=O) groups excluding carboxylic acids is 2. The van der Waals surface area contributed by atoms with Crippen molar-refractivity contribution in [1.82, 2.24) is 10.2 Å². The van der Waals surface area contributed by atoms with Gasteiger partial charge in [0.05, 0.1) is 6.54 Å². The largest absolute Gasteiger partial charge is 0.347 e. The van der Waals surface area contributed by atoms with Gasteiger partial charge in [-0.3, -0.25) is 9.59 Å². The molecule has 1 unspecified atom stereocenters. The second-order valence-electron chi connectivity index (χ2n) is 5.54. The zero-order valence-electron chi connectivity index (χ0n) is 12.4. The number of nitrogens with one attached hydrogen (secondary N) is 1. The summed E-state index contributed by atoms with van der Waals surface area (Å²) in [5, 5.41) is 2.65. The molecule has 1 aliphatic rings. The highest BCUT2D eigenvalue weighted by Gasteiger charge is 2.25. The molecule has 19 heavy (non-hydrogen) atoms. The van der Waals surface area contributed by atoms with Crippen molar-refractivity contribution >= 4 is 11.8 Å². The van der Waals surface area contributed by atoms with Crippen molar-refractivity contribution in [3.8, 4) is 0 Å². The highest BCUT2D eigenvalue weighted by atomic mass is 16.2. The Balaban J connectivity index is 2.19. The van der Waals surface area contributed by atoms with Crippen LogP contribution in [0.25, 0.3) is 0 Å². The van der Waals surface area contributed by atoms with Crippen molar-refractivity contribution in [3.05, 3.63) is 0 Å². The van der Waals surface area contributed by atoms with E-state index in [9.17, 15) is 9.59 Å². The van der Waals surface area contributed by atoms with Crippen LogP contribution in [0.3, 0.4) is 0 Å². The minimum Gasteiger partial charge on any atom is -0.347 e. The molecule has 110 valence electrons. The fraction of sp³-hybridized carbons (Fsp3) is 0.867. The molecule has 1 rings (SSSR count). The summed E-state index contributed by atoms with van der Waals surface area (Å²) in [5.74, 6) is 0.0484. The zero-order chi connectivity index (χ0) is 14.1. The average molecular weight is 268 g/mol. The number of hydrogen-bond acceptors (Lipinski definition) is 2. The van der Waals surface area contributed by atoms with Gasteiger partial charge in [0.25, 0.3) is 0 Å². The lowest BCUT2D eigenvalue weighted by molar-refractivity contribution is -0.131. The normalized spacial score (nSPS) is 20.3. The monoisotopic (exact) mass is 268 g/mol. The minimum absolute atomic E-state index is 0.0112. The summed E-state index contributed by atoms with van der Waals surface area (Å²) in [5.41, 5.74) is 0. The predicted octanol–water partition coefficient (Wildman–Crippen LogP) is 2.47. The first-order chi connectivity index (χ1) is 9.15. The molecule has 2 amide bonds. The molecule has 0 radical (unpaired) electrons. The number of carbonyl (C=O) groups is 2. The van der Waals surface area contributed by atoms with Gasteiger partial charge < -0.3 is 10.2 Å². The Kier molecular flexibility index (Phi) is 7.53. The molecule has 0 saturated carbocycles. The molecule has 4 nitrogen and oxygen atoms in total. The van der Waals surface area contributed by atoms with Gasteiger partial charge in [0.1, 0.15) is 0 Å². The second kappa shape index (κ2) is 8.94. The van der Waals surface area contributed by atoms with E-state index in [0.29, 0.717) is 6.42 Å². The molecule has 1 saturated heterocycles. The molecular weight excluding hydrogens is 240 g/mol. The molecule has 0 spiro atoms. The topological polar surface area (TPSA) is 49.4 Å². The van der Waals surface area contributed by atoms with E-state index < -0.39 is 0 Å². The Hall–Kier alpha value is -1.06. The fourth-order valence-corrected chi connectivity index (χ4v) is 2.56. The third kappa shape index (κ3) is 6.08. The van der Waals surface area contributed by atoms with Gasteiger partial charge in [0, 0.05) is 19.0 Å². The first-order valence-electron chi connectivity index (χ1n) is 7.71. The Morgan fingerprint density at radius 2 is 1.74 bits per heavy atom. The van der Waals surface area contributed by atoms with Crippen LogP contribution in [0.5, 0.6) is 0 Å². The summed E-state index contributed by atoms with van der Waals surface area (Å²) in [6.07, 6.45) is 9.16. The SMILES string of the molecule is CCCCCCCCCN1C(=O)CNC(=O)CC1C. The van der Waals surface area contributed by atoms with Crippen molar-refractivity contribution < 1.29 is 9.59 Å². The van der Waals surface area contributed by atoms with Crippen LogP contribution >= 0.6 is 0 Å². The smallest absolute Gasteiger partial charge is 0.242 e. The molecule has 1 N–H and O–H groups in total. The molecule has 0 bridgehead atoms. The van der Waals surface area contributed by atoms with Crippen LogP contribution in [0, 0.1) is 0 Å². The maximum atomic E-state index is 11.9. The van der Waals surface area contributed by atoms with Crippen molar-refractivity contribution in [2.75, 3.05) is 13.1 Å². The molecular formula is C15H28N2O2. The van der Waals surface area contributed by atoms with Gasteiger partial charge in [-0.15, -0.1) is 0 Å². The van der Waals surface area contributed by atoms with E-state index in [1.807, 2.05) is 11.8 Å². The Morgan fingerprint density at radius 1 is 1.11 bits per heavy atom. The van der Waals surface area contributed by atoms with E-state index in [-0.39, 0.29) is 24.4 Å². The van der Waals surface area contributed by atoms with Gasteiger partial charge in [-0.1, -0.05) is 45.4 Å². The van der Waals surface area contributed by atoms with Crippen LogP contribution in [0.4, 0.5) is 0 Å². The van der Waals surface area contributed by atoms with E-state index in [4.69, 9.17) is 0 Å². The Labute approximate surface area is 116 Å². The first kappa shape index (κ1) is 16.0. The standard InChI is InChI=1S/C15H28N2O2/c1-3-4-5-6-7-8-9-10-17-13(2)11-14(18)16-12-15(17)19/h13H,3-12H2,1-2H3,(H,16,18). The summed E-state index contributed by atoms with van der Waals surface area (Å²) in [6, 6.07) is 0.0371. The maximum absolute atomic E-state index is 11.9. The van der Waals surface area contributed by atoms with Gasteiger partial charge in [0.2, 0.25) is 11.8 Å². The van der Waals surface area contributed by atoms with Crippen LogP contribution in [0.15, 0.2) is 0 Å². The van der Waals surface area contributed by atoms with Crippen molar-refractivity contribution in [2.24, 2.45) is 0 Å². The van der Waals surface area contributed by atoms with Crippen molar-refractivity contribution in [3.63, 3.8) is 0 Å². The molecule has 0 aliphatic carbocycles. The Bertz CT molecular complexity index is 292. The number of unbranched alkanes of at least 4 members (excludes halogenated alkanes) is 6. The number of rotatable bonds is 8. The van der Waals surface area contributed by atoms with Gasteiger partial charge in [-0.2, -0.15) is 0 Å². The molecule has 4 heteroatoms. The lowest BCUT2D eigenvalue weighted by atomic mass is 10.1. The molecule has 0 aromatic carbocycles. The van der Waals surface area contributed by atoms with Gasteiger partial charge in [0.15, 0.2) is 0 Å². The number of nitrogens with zero attached hydrogens (tertiary/aromatic N) is 1. The molecule has 1 fully saturated rings. The molecule has 0 aromatic rings. The number of amides is 2. The highest BCUT2D eigenvalue weighted by molar-refractivity contribution is 5.87. The lowest BCUT2D eigenvalue weighted by Gasteiger charge is -2.26. The van der Waals surface area contributed by atoms with Crippen LogP contribution in [-0.4, -0.2) is 35.8 Å². The molecule has 1 heterocycles. The molecule has 1 atom stereocenters. The van der Waals surface area contributed by atoms with Crippen LogP contribution in [-0.2, 0) is 9.59 Å². The molecule has 1 aliphatic heterocycles. The Morgan fingerprint density at radius 3 is 2.42 bits per heavy atom. The van der Waals surface area contributed by atoms with E-state index >= 15 is 0 Å². The summed E-state index contributed by atoms with van der Waals surface area (Å²) in [4.78, 5) is 25.1. The average Bonchev–Trinajstić information content (AvgIpc) is 2.49. The van der Waals surface area contributed by atoms with Crippen LogP contribution in [0.1, 0.15) is 65.2 Å². The third-order valence-electron chi connectivity index (χ3n) is 3.77. The zero-order valence-corrected chi connectivity index (χ0v) is 12.4. The highest BCUT2D eigenvalue weighted by Crippen LogP contribution is 2.12. The number of hydrogen-bond donors (Lipinski definition) is 1. The summed E-state index contributed by atoms with van der Waals surface area (Å²) >= 11 is 0. The lowest BCUT2D eigenvalue weighted by Crippen LogP contribution is -2.40. The van der Waals surface area contributed by atoms with E-state index in [1.54, 1.807) is 0 Å². The fourth-order valence-electron chi connectivity index (χ4n) is 2.56. The van der Waals surface area contributed by atoms with Crippen LogP contribution in [0.2, 0.25) is 0 Å². The summed E-state index contributed by atoms with van der Waals surface area (Å²) < 4.78 is 0. The van der Waals surface area contributed by atoms with Gasteiger partial charge in [-0.05, 0) is 13.3 Å². The van der Waals surface area contributed by atoms with Crippen molar-refractivity contribution in [2.45, 2.75) is 71.3 Å².